The number of nitrogens with one attached hydrogen (secondary N) is 1. The van der Waals surface area contributed by atoms with Crippen LogP contribution in [0.15, 0.2) is 24.4 Å². The van der Waals surface area contributed by atoms with E-state index in [1.165, 1.54) is 47.7 Å². The van der Waals surface area contributed by atoms with Gasteiger partial charge in [0.15, 0.2) is 0 Å². The van der Waals surface area contributed by atoms with Crippen molar-refractivity contribution in [1.29, 1.82) is 0 Å². The van der Waals surface area contributed by atoms with E-state index in [2.05, 4.69) is 48.3 Å². The molecule has 1 aliphatic rings. The summed E-state index contributed by atoms with van der Waals surface area (Å²) in [4.78, 5) is 0. The molecule has 0 spiro atoms. The first-order valence-corrected chi connectivity index (χ1v) is 7.52. The van der Waals surface area contributed by atoms with Crippen LogP contribution in [0.2, 0.25) is 0 Å². The molecule has 3 rings (SSSR count). The van der Waals surface area contributed by atoms with Gasteiger partial charge in [-0.1, -0.05) is 31.0 Å². The zero-order valence-electron chi connectivity index (χ0n) is 12.1. The summed E-state index contributed by atoms with van der Waals surface area (Å²) >= 11 is 0. The van der Waals surface area contributed by atoms with Gasteiger partial charge in [-0.3, -0.25) is 0 Å². The van der Waals surface area contributed by atoms with E-state index in [4.69, 9.17) is 0 Å². The Labute approximate surface area is 115 Å². The van der Waals surface area contributed by atoms with E-state index >= 15 is 0 Å². The van der Waals surface area contributed by atoms with E-state index in [1.807, 2.05) is 0 Å². The third-order valence-electron chi connectivity index (χ3n) is 4.47. The van der Waals surface area contributed by atoms with Crippen LogP contribution in [0.1, 0.15) is 36.8 Å². The lowest BCUT2D eigenvalue weighted by atomic mass is 10.1. The van der Waals surface area contributed by atoms with Gasteiger partial charge in [0.2, 0.25) is 0 Å². The van der Waals surface area contributed by atoms with Crippen LogP contribution < -0.4 is 5.32 Å². The highest BCUT2D eigenvalue weighted by atomic mass is 14.9. The molecule has 0 unspecified atom stereocenters. The smallest absolute Gasteiger partial charge is 0.0510 e. The van der Waals surface area contributed by atoms with Crippen molar-refractivity contribution in [3.05, 3.63) is 35.5 Å². The number of hydrogen-bond acceptors (Lipinski definition) is 1. The van der Waals surface area contributed by atoms with Gasteiger partial charge in [0.1, 0.15) is 0 Å². The Morgan fingerprint density at radius 3 is 2.84 bits per heavy atom. The number of aromatic nitrogens is 1. The maximum Gasteiger partial charge on any atom is 0.0510 e. The van der Waals surface area contributed by atoms with Gasteiger partial charge >= 0.3 is 0 Å². The molecule has 1 heterocycles. The minimum Gasteiger partial charge on any atom is -0.350 e. The molecular formula is C17H24N2. The molecule has 2 nitrogen and oxygen atoms in total. The second-order valence-corrected chi connectivity index (χ2v) is 5.92. The Morgan fingerprint density at radius 1 is 1.26 bits per heavy atom. The van der Waals surface area contributed by atoms with E-state index in [-0.39, 0.29) is 0 Å². The highest BCUT2D eigenvalue weighted by Gasteiger charge is 2.14. The number of rotatable bonds is 4. The van der Waals surface area contributed by atoms with Crippen LogP contribution in [0.4, 0.5) is 0 Å². The highest BCUT2D eigenvalue weighted by Crippen LogP contribution is 2.24. The van der Waals surface area contributed by atoms with Gasteiger partial charge in [-0.05, 0) is 43.9 Å². The fourth-order valence-corrected chi connectivity index (χ4v) is 3.49. The standard InChI is InChI=1S/C17H24N2/c1-13-6-5-9-16-14(12-19(2)17(13)16)10-11-18-15-7-3-4-8-15/h5-6,9,12,15,18H,3-4,7-8,10-11H2,1-2H3. The third-order valence-corrected chi connectivity index (χ3v) is 4.47. The average molecular weight is 256 g/mol. The van der Waals surface area contributed by atoms with E-state index < -0.39 is 0 Å². The molecule has 0 atom stereocenters. The molecule has 0 saturated heterocycles. The topological polar surface area (TPSA) is 17.0 Å². The fourth-order valence-electron chi connectivity index (χ4n) is 3.49. The second-order valence-electron chi connectivity index (χ2n) is 5.92. The van der Waals surface area contributed by atoms with Crippen molar-refractivity contribution in [2.24, 2.45) is 7.05 Å². The molecule has 1 N–H and O–H groups in total. The van der Waals surface area contributed by atoms with Crippen molar-refractivity contribution in [1.82, 2.24) is 9.88 Å². The number of nitrogens with zero attached hydrogens (tertiary/aromatic N) is 1. The monoisotopic (exact) mass is 256 g/mol. The number of para-hydroxylation sites is 1. The normalized spacial score (nSPS) is 16.5. The first kappa shape index (κ1) is 12.7. The number of benzene rings is 1. The van der Waals surface area contributed by atoms with Gasteiger partial charge in [-0.25, -0.2) is 0 Å². The maximum absolute atomic E-state index is 3.71. The number of aryl methyl sites for hydroxylation is 2. The maximum atomic E-state index is 3.71. The Bertz CT molecular complexity index is 562. The summed E-state index contributed by atoms with van der Waals surface area (Å²) in [6.07, 6.45) is 8.99. The van der Waals surface area contributed by atoms with Crippen molar-refractivity contribution >= 4 is 10.9 Å². The lowest BCUT2D eigenvalue weighted by Crippen LogP contribution is -2.27. The average Bonchev–Trinajstić information content (AvgIpc) is 3.00. The van der Waals surface area contributed by atoms with Crippen molar-refractivity contribution in [2.75, 3.05) is 6.54 Å². The second kappa shape index (κ2) is 5.38. The van der Waals surface area contributed by atoms with Crippen LogP contribution in [0.25, 0.3) is 10.9 Å². The molecular weight excluding hydrogens is 232 g/mol. The van der Waals surface area contributed by atoms with E-state index in [0.717, 1.165) is 19.0 Å². The molecule has 2 aromatic rings. The fraction of sp³-hybridized carbons (Fsp3) is 0.529. The van der Waals surface area contributed by atoms with E-state index in [0.29, 0.717) is 0 Å². The summed E-state index contributed by atoms with van der Waals surface area (Å²) in [5.41, 5.74) is 4.24. The van der Waals surface area contributed by atoms with Crippen LogP contribution in [-0.2, 0) is 13.5 Å². The van der Waals surface area contributed by atoms with Crippen LogP contribution in [0.5, 0.6) is 0 Å². The molecule has 0 amide bonds. The van der Waals surface area contributed by atoms with Crippen LogP contribution >= 0.6 is 0 Å². The summed E-state index contributed by atoms with van der Waals surface area (Å²) < 4.78 is 2.27. The summed E-state index contributed by atoms with van der Waals surface area (Å²) in [5.74, 6) is 0. The minimum absolute atomic E-state index is 0.775. The lowest BCUT2D eigenvalue weighted by Gasteiger charge is -2.11. The molecule has 0 radical (unpaired) electrons. The summed E-state index contributed by atoms with van der Waals surface area (Å²) in [5, 5.41) is 5.14. The van der Waals surface area contributed by atoms with Gasteiger partial charge in [-0.15, -0.1) is 0 Å². The molecule has 1 aliphatic carbocycles. The van der Waals surface area contributed by atoms with Crippen molar-refractivity contribution in [3.8, 4) is 0 Å². The Morgan fingerprint density at radius 2 is 2.05 bits per heavy atom. The Hall–Kier alpha value is -1.28. The molecule has 0 aliphatic heterocycles. The zero-order chi connectivity index (χ0) is 13.2. The van der Waals surface area contributed by atoms with Crippen LogP contribution in [-0.4, -0.2) is 17.2 Å². The molecule has 1 saturated carbocycles. The largest absolute Gasteiger partial charge is 0.350 e. The van der Waals surface area contributed by atoms with Crippen LogP contribution in [0.3, 0.4) is 0 Å². The van der Waals surface area contributed by atoms with Crippen molar-refractivity contribution in [2.45, 2.75) is 45.1 Å². The lowest BCUT2D eigenvalue weighted by molar-refractivity contribution is 0.528. The van der Waals surface area contributed by atoms with Crippen molar-refractivity contribution < 1.29 is 0 Å². The first-order chi connectivity index (χ1) is 9.25. The molecule has 0 bridgehead atoms. The van der Waals surface area contributed by atoms with E-state index in [1.54, 1.807) is 0 Å². The van der Waals surface area contributed by atoms with Gasteiger partial charge < -0.3 is 9.88 Å². The summed E-state index contributed by atoms with van der Waals surface area (Å²) in [6, 6.07) is 7.40. The molecule has 1 fully saturated rings. The number of hydrogen-bond donors (Lipinski definition) is 1. The Balaban J connectivity index is 1.72. The molecule has 2 heteroatoms. The number of fused-ring (bicyclic) bond motifs is 1. The SMILES string of the molecule is Cc1cccc2c(CCNC3CCCC3)cn(C)c12. The quantitative estimate of drug-likeness (QED) is 0.885. The summed E-state index contributed by atoms with van der Waals surface area (Å²) in [6.45, 7) is 3.31. The predicted octanol–water partition coefficient (Wildman–Crippen LogP) is 3.56. The van der Waals surface area contributed by atoms with Gasteiger partial charge in [0.05, 0.1) is 5.52 Å². The van der Waals surface area contributed by atoms with E-state index in [9.17, 15) is 0 Å². The van der Waals surface area contributed by atoms with Crippen molar-refractivity contribution in [3.63, 3.8) is 0 Å². The predicted molar refractivity (Wildman–Crippen MR) is 81.6 cm³/mol. The highest BCUT2D eigenvalue weighted by molar-refractivity contribution is 5.86. The van der Waals surface area contributed by atoms with Gasteiger partial charge in [0.25, 0.3) is 0 Å². The summed E-state index contributed by atoms with van der Waals surface area (Å²) in [7, 11) is 2.16. The minimum atomic E-state index is 0.775. The van der Waals surface area contributed by atoms with Gasteiger partial charge in [0, 0.05) is 24.7 Å². The zero-order valence-corrected chi connectivity index (χ0v) is 12.1. The molecule has 1 aromatic heterocycles. The molecule has 102 valence electrons. The Kier molecular flexibility index (Phi) is 3.61. The molecule has 19 heavy (non-hydrogen) atoms. The van der Waals surface area contributed by atoms with Gasteiger partial charge in [-0.2, -0.15) is 0 Å². The third kappa shape index (κ3) is 2.55. The van der Waals surface area contributed by atoms with Crippen LogP contribution in [0, 0.1) is 6.92 Å². The first-order valence-electron chi connectivity index (χ1n) is 7.52. The molecule has 1 aromatic carbocycles.